The number of nitrogens with one attached hydrogen (secondary N) is 2. The molecule has 2 rings (SSSR count). The van der Waals surface area contributed by atoms with E-state index in [9.17, 15) is 0 Å². The fourth-order valence-electron chi connectivity index (χ4n) is 2.00. The van der Waals surface area contributed by atoms with Gasteiger partial charge in [-0.2, -0.15) is 0 Å². The van der Waals surface area contributed by atoms with Crippen LogP contribution in [0.1, 0.15) is 31.1 Å². The number of hydrogen-bond acceptors (Lipinski definition) is 1. The molecule has 2 N–H and O–H groups in total. The minimum Gasteiger partial charge on any atom is -0.356 e. The van der Waals surface area contributed by atoms with Gasteiger partial charge in [-0.25, -0.2) is 0 Å². The van der Waals surface area contributed by atoms with Gasteiger partial charge >= 0.3 is 0 Å². The highest BCUT2D eigenvalue weighted by Gasteiger charge is 2.14. The molecule has 1 atom stereocenters. The molecular formula is C13H17BrN2. The van der Waals surface area contributed by atoms with Crippen LogP contribution in [0.15, 0.2) is 22.7 Å². The number of aromatic nitrogens is 1. The van der Waals surface area contributed by atoms with Crippen LogP contribution in [0.5, 0.6) is 0 Å². The van der Waals surface area contributed by atoms with Crippen molar-refractivity contribution in [3.63, 3.8) is 0 Å². The van der Waals surface area contributed by atoms with Crippen molar-refractivity contribution in [1.82, 2.24) is 10.3 Å². The second-order valence-electron chi connectivity index (χ2n) is 4.06. The van der Waals surface area contributed by atoms with Crippen LogP contribution in [0.25, 0.3) is 10.9 Å². The second-order valence-corrected chi connectivity index (χ2v) is 4.85. The minimum absolute atomic E-state index is 0.325. The number of aromatic amines is 1. The first-order valence-electron chi connectivity index (χ1n) is 5.65. The van der Waals surface area contributed by atoms with Crippen LogP contribution in [-0.2, 0) is 6.42 Å². The Kier molecular flexibility index (Phi) is 3.36. The van der Waals surface area contributed by atoms with Crippen LogP contribution in [0.3, 0.4) is 0 Å². The Labute approximate surface area is 105 Å². The fraction of sp³-hybridized carbons (Fsp3) is 0.385. The SMILES string of the molecule is CCc1cccc2c(Br)c(C(C)NC)[nH]c12. The zero-order chi connectivity index (χ0) is 11.7. The first-order chi connectivity index (χ1) is 7.69. The summed E-state index contributed by atoms with van der Waals surface area (Å²) in [5.41, 5.74) is 3.85. The van der Waals surface area contributed by atoms with Gasteiger partial charge in [-0.3, -0.25) is 0 Å². The van der Waals surface area contributed by atoms with E-state index in [1.54, 1.807) is 0 Å². The summed E-state index contributed by atoms with van der Waals surface area (Å²) in [7, 11) is 1.98. The molecule has 1 heterocycles. The Morgan fingerprint density at radius 3 is 2.81 bits per heavy atom. The molecule has 16 heavy (non-hydrogen) atoms. The fourth-order valence-corrected chi connectivity index (χ4v) is 2.78. The highest BCUT2D eigenvalue weighted by Crippen LogP contribution is 2.33. The van der Waals surface area contributed by atoms with Gasteiger partial charge in [-0.05, 0) is 41.9 Å². The molecule has 0 saturated carbocycles. The molecule has 2 nitrogen and oxygen atoms in total. The Hall–Kier alpha value is -0.800. The van der Waals surface area contributed by atoms with Gasteiger partial charge < -0.3 is 10.3 Å². The van der Waals surface area contributed by atoms with E-state index in [0.29, 0.717) is 6.04 Å². The molecule has 1 unspecified atom stereocenters. The predicted molar refractivity (Wildman–Crippen MR) is 72.9 cm³/mol. The first-order valence-corrected chi connectivity index (χ1v) is 6.44. The van der Waals surface area contributed by atoms with Crippen LogP contribution >= 0.6 is 15.9 Å². The number of H-pyrrole nitrogens is 1. The smallest absolute Gasteiger partial charge is 0.0500 e. The Morgan fingerprint density at radius 1 is 1.44 bits per heavy atom. The highest BCUT2D eigenvalue weighted by molar-refractivity contribution is 9.10. The normalized spacial score (nSPS) is 13.2. The maximum absolute atomic E-state index is 3.69. The van der Waals surface area contributed by atoms with Crippen molar-refractivity contribution in [3.8, 4) is 0 Å². The van der Waals surface area contributed by atoms with Crippen molar-refractivity contribution in [2.24, 2.45) is 0 Å². The summed E-state index contributed by atoms with van der Waals surface area (Å²) < 4.78 is 1.18. The van der Waals surface area contributed by atoms with Gasteiger partial charge in [0, 0.05) is 21.6 Å². The molecule has 86 valence electrons. The van der Waals surface area contributed by atoms with Crippen LogP contribution in [-0.4, -0.2) is 12.0 Å². The third-order valence-corrected chi connectivity index (χ3v) is 3.98. The van der Waals surface area contributed by atoms with E-state index < -0.39 is 0 Å². The lowest BCUT2D eigenvalue weighted by Crippen LogP contribution is -2.12. The summed E-state index contributed by atoms with van der Waals surface area (Å²) in [4.78, 5) is 3.52. The Bertz CT molecular complexity index is 502. The van der Waals surface area contributed by atoms with Gasteiger partial charge in [-0.15, -0.1) is 0 Å². The van der Waals surface area contributed by atoms with Gasteiger partial charge in [0.2, 0.25) is 0 Å². The van der Waals surface area contributed by atoms with E-state index in [-0.39, 0.29) is 0 Å². The first kappa shape index (κ1) is 11.7. The number of fused-ring (bicyclic) bond motifs is 1. The average molecular weight is 281 g/mol. The van der Waals surface area contributed by atoms with Crippen molar-refractivity contribution >= 4 is 26.8 Å². The van der Waals surface area contributed by atoms with Gasteiger partial charge in [-0.1, -0.05) is 25.1 Å². The number of para-hydroxylation sites is 1. The predicted octanol–water partition coefficient (Wildman–Crippen LogP) is 3.77. The molecule has 2 aromatic rings. The third-order valence-electron chi connectivity index (χ3n) is 3.13. The summed E-state index contributed by atoms with van der Waals surface area (Å²) in [6.45, 7) is 4.34. The summed E-state index contributed by atoms with van der Waals surface area (Å²) in [5.74, 6) is 0. The lowest BCUT2D eigenvalue weighted by Gasteiger charge is -2.08. The molecular weight excluding hydrogens is 264 g/mol. The van der Waals surface area contributed by atoms with E-state index in [0.717, 1.165) is 6.42 Å². The van der Waals surface area contributed by atoms with E-state index in [1.807, 2.05) is 7.05 Å². The number of rotatable bonds is 3. The molecule has 0 aliphatic rings. The largest absolute Gasteiger partial charge is 0.356 e. The van der Waals surface area contributed by atoms with Gasteiger partial charge in [0.05, 0.1) is 5.52 Å². The molecule has 0 aliphatic carbocycles. The maximum atomic E-state index is 3.69. The average Bonchev–Trinajstić information content (AvgIpc) is 2.66. The van der Waals surface area contributed by atoms with E-state index in [4.69, 9.17) is 0 Å². The molecule has 0 saturated heterocycles. The molecule has 0 spiro atoms. The summed E-state index contributed by atoms with van der Waals surface area (Å²) in [6, 6.07) is 6.78. The second kappa shape index (κ2) is 4.60. The zero-order valence-corrected chi connectivity index (χ0v) is 11.5. The number of halogens is 1. The van der Waals surface area contributed by atoms with E-state index in [2.05, 4.69) is 58.3 Å². The lowest BCUT2D eigenvalue weighted by atomic mass is 10.1. The van der Waals surface area contributed by atoms with Crippen LogP contribution in [0.4, 0.5) is 0 Å². The van der Waals surface area contributed by atoms with Crippen molar-refractivity contribution in [3.05, 3.63) is 33.9 Å². The molecule has 1 aromatic heterocycles. The number of hydrogen-bond donors (Lipinski definition) is 2. The Balaban J connectivity index is 2.67. The zero-order valence-electron chi connectivity index (χ0n) is 9.89. The molecule has 1 aromatic carbocycles. The molecule has 0 amide bonds. The molecule has 0 fully saturated rings. The van der Waals surface area contributed by atoms with Gasteiger partial charge in [0.25, 0.3) is 0 Å². The van der Waals surface area contributed by atoms with Crippen molar-refractivity contribution < 1.29 is 0 Å². The van der Waals surface area contributed by atoms with E-state index in [1.165, 1.54) is 26.6 Å². The summed E-state index contributed by atoms with van der Waals surface area (Å²) in [5, 5.41) is 4.53. The van der Waals surface area contributed by atoms with Crippen LogP contribution < -0.4 is 5.32 Å². The molecule has 0 radical (unpaired) electrons. The topological polar surface area (TPSA) is 27.8 Å². The van der Waals surface area contributed by atoms with Crippen molar-refractivity contribution in [2.75, 3.05) is 7.05 Å². The standard InChI is InChI=1S/C13H17BrN2/c1-4-9-6-5-7-10-11(14)12(8(2)15-3)16-13(9)10/h5-8,15-16H,4H2,1-3H3. The Morgan fingerprint density at radius 2 is 2.19 bits per heavy atom. The quantitative estimate of drug-likeness (QED) is 0.880. The lowest BCUT2D eigenvalue weighted by molar-refractivity contribution is 0.635. The number of benzene rings is 1. The van der Waals surface area contributed by atoms with Gasteiger partial charge in [0.1, 0.15) is 0 Å². The van der Waals surface area contributed by atoms with Crippen molar-refractivity contribution in [1.29, 1.82) is 0 Å². The monoisotopic (exact) mass is 280 g/mol. The molecule has 0 bridgehead atoms. The third kappa shape index (κ3) is 1.78. The summed E-state index contributed by atoms with van der Waals surface area (Å²) in [6.07, 6.45) is 1.05. The minimum atomic E-state index is 0.325. The number of aryl methyl sites for hydroxylation is 1. The highest BCUT2D eigenvalue weighted by atomic mass is 79.9. The van der Waals surface area contributed by atoms with Crippen LogP contribution in [0.2, 0.25) is 0 Å². The molecule has 3 heteroatoms. The van der Waals surface area contributed by atoms with Gasteiger partial charge in [0.15, 0.2) is 0 Å². The summed E-state index contributed by atoms with van der Waals surface area (Å²) >= 11 is 3.69. The van der Waals surface area contributed by atoms with E-state index >= 15 is 0 Å². The van der Waals surface area contributed by atoms with Crippen molar-refractivity contribution in [2.45, 2.75) is 26.3 Å². The maximum Gasteiger partial charge on any atom is 0.0500 e. The molecule has 0 aliphatic heterocycles. The van der Waals surface area contributed by atoms with Crippen LogP contribution in [0, 0.1) is 0 Å².